The van der Waals surface area contributed by atoms with E-state index in [0.717, 1.165) is 24.9 Å². The molecule has 0 amide bonds. The van der Waals surface area contributed by atoms with Gasteiger partial charge in [0.2, 0.25) is 0 Å². The van der Waals surface area contributed by atoms with Crippen molar-refractivity contribution >= 4 is 0 Å². The molecule has 1 aliphatic rings. The van der Waals surface area contributed by atoms with E-state index < -0.39 is 0 Å². The molecule has 0 radical (unpaired) electrons. The number of benzene rings is 1. The molecule has 0 aromatic heterocycles. The van der Waals surface area contributed by atoms with Crippen molar-refractivity contribution in [3.8, 4) is 0 Å². The molecule has 94 valence electrons. The SMILES string of the molecule is CC(C)N1CCC(N)C[C@H]1c1cccc(F)c1. The Morgan fingerprint density at radius 1 is 1.41 bits per heavy atom. The molecule has 3 heteroatoms. The second-order valence-corrected chi connectivity index (χ2v) is 5.19. The zero-order valence-corrected chi connectivity index (χ0v) is 10.6. The van der Waals surface area contributed by atoms with E-state index >= 15 is 0 Å². The normalized spacial score (nSPS) is 26.4. The van der Waals surface area contributed by atoms with Crippen LogP contribution in [0.25, 0.3) is 0 Å². The molecular formula is C14H21FN2. The summed E-state index contributed by atoms with van der Waals surface area (Å²) in [7, 11) is 0. The van der Waals surface area contributed by atoms with Gasteiger partial charge in [-0.3, -0.25) is 4.90 Å². The van der Waals surface area contributed by atoms with Crippen LogP contribution in [0.3, 0.4) is 0 Å². The van der Waals surface area contributed by atoms with Gasteiger partial charge < -0.3 is 5.73 Å². The first-order valence-electron chi connectivity index (χ1n) is 6.34. The number of hydrogen-bond donors (Lipinski definition) is 1. The summed E-state index contributed by atoms with van der Waals surface area (Å²) in [5.74, 6) is -0.162. The first-order chi connectivity index (χ1) is 8.08. The molecule has 0 aliphatic carbocycles. The van der Waals surface area contributed by atoms with Gasteiger partial charge in [0, 0.05) is 24.7 Å². The predicted molar refractivity (Wildman–Crippen MR) is 68.2 cm³/mol. The maximum Gasteiger partial charge on any atom is 0.123 e. The Labute approximate surface area is 103 Å². The Morgan fingerprint density at radius 3 is 2.82 bits per heavy atom. The maximum absolute atomic E-state index is 13.3. The Balaban J connectivity index is 2.25. The average Bonchev–Trinajstić information content (AvgIpc) is 2.28. The summed E-state index contributed by atoms with van der Waals surface area (Å²) in [5, 5.41) is 0. The fourth-order valence-corrected chi connectivity index (χ4v) is 2.67. The van der Waals surface area contributed by atoms with E-state index in [0.29, 0.717) is 6.04 Å². The van der Waals surface area contributed by atoms with Crippen LogP contribution < -0.4 is 5.73 Å². The van der Waals surface area contributed by atoms with Gasteiger partial charge in [0.15, 0.2) is 0 Å². The molecule has 2 atom stereocenters. The van der Waals surface area contributed by atoms with Gasteiger partial charge in [-0.05, 0) is 44.4 Å². The molecule has 1 unspecified atom stereocenters. The van der Waals surface area contributed by atoms with Gasteiger partial charge in [0.1, 0.15) is 5.82 Å². The largest absolute Gasteiger partial charge is 0.328 e. The first-order valence-corrected chi connectivity index (χ1v) is 6.34. The number of piperidine rings is 1. The topological polar surface area (TPSA) is 29.3 Å². The number of nitrogens with two attached hydrogens (primary N) is 1. The zero-order chi connectivity index (χ0) is 12.4. The molecule has 1 aliphatic heterocycles. The molecule has 2 N–H and O–H groups in total. The van der Waals surface area contributed by atoms with Crippen LogP contribution in [0.15, 0.2) is 24.3 Å². The monoisotopic (exact) mass is 236 g/mol. The van der Waals surface area contributed by atoms with Gasteiger partial charge in [-0.2, -0.15) is 0 Å². The molecule has 17 heavy (non-hydrogen) atoms. The highest BCUT2D eigenvalue weighted by Crippen LogP contribution is 2.32. The highest BCUT2D eigenvalue weighted by Gasteiger charge is 2.29. The standard InChI is InChI=1S/C14H21FN2/c1-10(2)17-7-6-13(16)9-14(17)11-4-3-5-12(15)8-11/h3-5,8,10,13-14H,6-7,9,16H2,1-2H3/t13?,14-/m0/s1. The minimum absolute atomic E-state index is 0.162. The van der Waals surface area contributed by atoms with Crippen molar-refractivity contribution in [2.24, 2.45) is 5.73 Å². The lowest BCUT2D eigenvalue weighted by molar-refractivity contribution is 0.101. The van der Waals surface area contributed by atoms with Crippen LogP contribution in [0.2, 0.25) is 0 Å². The van der Waals surface area contributed by atoms with Gasteiger partial charge in [-0.15, -0.1) is 0 Å². The van der Waals surface area contributed by atoms with Crippen LogP contribution in [0.1, 0.15) is 38.3 Å². The molecule has 1 heterocycles. The Morgan fingerprint density at radius 2 is 2.18 bits per heavy atom. The molecule has 2 rings (SSSR count). The minimum Gasteiger partial charge on any atom is -0.328 e. The van der Waals surface area contributed by atoms with Crippen LogP contribution in [-0.2, 0) is 0 Å². The van der Waals surface area contributed by atoms with Gasteiger partial charge in [0.25, 0.3) is 0 Å². The fraction of sp³-hybridized carbons (Fsp3) is 0.571. The van der Waals surface area contributed by atoms with Crippen molar-refractivity contribution in [3.63, 3.8) is 0 Å². The summed E-state index contributed by atoms with van der Waals surface area (Å²) in [6, 6.07) is 7.87. The maximum atomic E-state index is 13.3. The highest BCUT2D eigenvalue weighted by molar-refractivity contribution is 5.21. The van der Waals surface area contributed by atoms with Crippen LogP contribution >= 0.6 is 0 Å². The molecule has 1 saturated heterocycles. The summed E-state index contributed by atoms with van der Waals surface area (Å²) in [6.07, 6.45) is 1.95. The van der Waals surface area contributed by atoms with E-state index in [-0.39, 0.29) is 17.9 Å². The third-order valence-corrected chi connectivity index (χ3v) is 3.58. The molecule has 2 nitrogen and oxygen atoms in total. The van der Waals surface area contributed by atoms with Crippen molar-refractivity contribution < 1.29 is 4.39 Å². The van der Waals surface area contributed by atoms with E-state index in [1.54, 1.807) is 12.1 Å². The molecule has 1 aromatic carbocycles. The quantitative estimate of drug-likeness (QED) is 0.855. The number of likely N-dealkylation sites (tertiary alicyclic amines) is 1. The third kappa shape index (κ3) is 2.85. The van der Waals surface area contributed by atoms with Crippen molar-refractivity contribution in [1.82, 2.24) is 4.90 Å². The van der Waals surface area contributed by atoms with Crippen LogP contribution in [-0.4, -0.2) is 23.5 Å². The number of halogens is 1. The van der Waals surface area contributed by atoms with E-state index in [1.807, 2.05) is 6.07 Å². The van der Waals surface area contributed by atoms with Gasteiger partial charge in [0.05, 0.1) is 0 Å². The van der Waals surface area contributed by atoms with Crippen molar-refractivity contribution in [1.29, 1.82) is 0 Å². The van der Waals surface area contributed by atoms with Crippen LogP contribution in [0, 0.1) is 5.82 Å². The Hall–Kier alpha value is -0.930. The molecule has 0 spiro atoms. The summed E-state index contributed by atoms with van der Waals surface area (Å²) in [6.45, 7) is 5.37. The van der Waals surface area contributed by atoms with Gasteiger partial charge >= 0.3 is 0 Å². The molecule has 1 fully saturated rings. The van der Waals surface area contributed by atoms with E-state index in [2.05, 4.69) is 18.7 Å². The second kappa shape index (κ2) is 5.15. The number of nitrogens with zero attached hydrogens (tertiary/aromatic N) is 1. The lowest BCUT2D eigenvalue weighted by atomic mass is 9.91. The highest BCUT2D eigenvalue weighted by atomic mass is 19.1. The van der Waals surface area contributed by atoms with Crippen molar-refractivity contribution in [3.05, 3.63) is 35.6 Å². The Kier molecular flexibility index (Phi) is 3.79. The van der Waals surface area contributed by atoms with E-state index in [4.69, 9.17) is 5.73 Å². The fourth-order valence-electron chi connectivity index (χ4n) is 2.67. The summed E-state index contributed by atoms with van der Waals surface area (Å²) >= 11 is 0. The van der Waals surface area contributed by atoms with Crippen LogP contribution in [0.5, 0.6) is 0 Å². The summed E-state index contributed by atoms with van der Waals surface area (Å²) in [5.41, 5.74) is 7.09. The second-order valence-electron chi connectivity index (χ2n) is 5.19. The minimum atomic E-state index is -0.162. The smallest absolute Gasteiger partial charge is 0.123 e. The van der Waals surface area contributed by atoms with Crippen molar-refractivity contribution in [2.75, 3.05) is 6.54 Å². The summed E-state index contributed by atoms with van der Waals surface area (Å²) in [4.78, 5) is 2.41. The number of hydrogen-bond acceptors (Lipinski definition) is 2. The average molecular weight is 236 g/mol. The summed E-state index contributed by atoms with van der Waals surface area (Å²) < 4.78 is 13.3. The van der Waals surface area contributed by atoms with Gasteiger partial charge in [-0.25, -0.2) is 4.39 Å². The van der Waals surface area contributed by atoms with Crippen molar-refractivity contribution in [2.45, 2.75) is 44.8 Å². The molecule has 1 aromatic rings. The van der Waals surface area contributed by atoms with E-state index in [1.165, 1.54) is 6.07 Å². The predicted octanol–water partition coefficient (Wildman–Crippen LogP) is 2.70. The van der Waals surface area contributed by atoms with Crippen LogP contribution in [0.4, 0.5) is 4.39 Å². The molecule has 0 saturated carbocycles. The number of rotatable bonds is 2. The third-order valence-electron chi connectivity index (χ3n) is 3.58. The first kappa shape index (κ1) is 12.5. The van der Waals surface area contributed by atoms with E-state index in [9.17, 15) is 4.39 Å². The van der Waals surface area contributed by atoms with Gasteiger partial charge in [-0.1, -0.05) is 12.1 Å². The zero-order valence-electron chi connectivity index (χ0n) is 10.6. The molecular weight excluding hydrogens is 215 g/mol. The lowest BCUT2D eigenvalue weighted by Crippen LogP contribution is -2.45. The lowest BCUT2D eigenvalue weighted by Gasteiger charge is -2.41. The molecule has 0 bridgehead atoms. The Bertz CT molecular complexity index is 378.